The fourth-order valence-electron chi connectivity index (χ4n) is 1.18. The second-order valence-corrected chi connectivity index (χ2v) is 4.72. The van der Waals surface area contributed by atoms with Gasteiger partial charge in [-0.25, -0.2) is 0 Å². The van der Waals surface area contributed by atoms with Crippen LogP contribution in [0, 0.1) is 5.41 Å². The van der Waals surface area contributed by atoms with Crippen molar-refractivity contribution in [1.82, 2.24) is 0 Å². The maximum atomic E-state index is 11.5. The lowest BCUT2D eigenvalue weighted by molar-refractivity contribution is -0.121. The normalized spacial score (nSPS) is 12.8. The summed E-state index contributed by atoms with van der Waals surface area (Å²) in [6.45, 7) is 6.97. The highest BCUT2D eigenvalue weighted by atomic mass is 127. The highest BCUT2D eigenvalue weighted by Crippen LogP contribution is 2.18. The lowest BCUT2D eigenvalue weighted by Crippen LogP contribution is -2.29. The highest BCUT2D eigenvalue weighted by molar-refractivity contribution is 14.0. The van der Waals surface area contributed by atoms with Gasteiger partial charge < -0.3 is 5.73 Å². The molecule has 0 bridgehead atoms. The molecule has 0 spiro atoms. The van der Waals surface area contributed by atoms with Crippen LogP contribution >= 0.6 is 24.0 Å². The summed E-state index contributed by atoms with van der Waals surface area (Å²) in [7, 11) is 0. The molecule has 5 heteroatoms. The smallest absolute Gasteiger partial charge is 0.153 e. The van der Waals surface area contributed by atoms with Gasteiger partial charge in [0.2, 0.25) is 0 Å². The molecule has 2 N–H and O–H groups in total. The van der Waals surface area contributed by atoms with Gasteiger partial charge in [0.15, 0.2) is 5.84 Å². The molecule has 4 nitrogen and oxygen atoms in total. The van der Waals surface area contributed by atoms with Crippen molar-refractivity contribution in [3.05, 3.63) is 35.9 Å². The van der Waals surface area contributed by atoms with Gasteiger partial charge in [-0.2, -0.15) is 5.10 Å². The molecular weight excluding hydrogens is 353 g/mol. The Morgan fingerprint density at radius 2 is 1.63 bits per heavy atom. The first-order valence-corrected chi connectivity index (χ1v) is 5.80. The number of halogens is 1. The van der Waals surface area contributed by atoms with Gasteiger partial charge >= 0.3 is 0 Å². The van der Waals surface area contributed by atoms with Crippen molar-refractivity contribution in [3.63, 3.8) is 0 Å². The Bertz CT molecular complexity index is 493. The number of amidine groups is 1. The van der Waals surface area contributed by atoms with Gasteiger partial charge in [-0.1, -0.05) is 30.3 Å². The number of benzene rings is 1. The largest absolute Gasteiger partial charge is 0.382 e. The molecule has 104 valence electrons. The van der Waals surface area contributed by atoms with Crippen LogP contribution in [-0.4, -0.2) is 17.3 Å². The lowest BCUT2D eigenvalue weighted by atomic mass is 9.84. The molecule has 0 aliphatic rings. The molecule has 0 aromatic heterocycles. The number of Topliss-reactive ketones (excluding diaryl/α,β-unsaturated/α-hetero) is 1. The van der Waals surface area contributed by atoms with Crippen LogP contribution in [0.4, 0.5) is 0 Å². The summed E-state index contributed by atoms with van der Waals surface area (Å²) in [5.41, 5.74) is 6.67. The standard InChI is InChI=1S/C14H19N3O.HI/c1-10(14(3,4)11(2)18)16-17-13(15)12-8-6-5-7-9-12;/h5-9H,1-4H3,(H2,15,17);1H. The number of nitrogens with two attached hydrogens (primary N) is 1. The first-order valence-electron chi connectivity index (χ1n) is 5.80. The van der Waals surface area contributed by atoms with E-state index in [4.69, 9.17) is 5.73 Å². The van der Waals surface area contributed by atoms with Crippen molar-refractivity contribution < 1.29 is 4.79 Å². The van der Waals surface area contributed by atoms with Gasteiger partial charge in [-0.15, -0.1) is 29.1 Å². The quantitative estimate of drug-likeness (QED) is 0.382. The van der Waals surface area contributed by atoms with E-state index in [2.05, 4.69) is 10.2 Å². The first kappa shape index (κ1) is 17.8. The van der Waals surface area contributed by atoms with E-state index in [1.54, 1.807) is 13.8 Å². The highest BCUT2D eigenvalue weighted by Gasteiger charge is 2.27. The molecule has 0 saturated heterocycles. The Labute approximate surface area is 131 Å². The third kappa shape index (κ3) is 4.74. The van der Waals surface area contributed by atoms with E-state index in [1.807, 2.05) is 44.2 Å². The van der Waals surface area contributed by atoms with Crippen molar-refractivity contribution >= 4 is 41.3 Å². The summed E-state index contributed by atoms with van der Waals surface area (Å²) in [6, 6.07) is 9.39. The second kappa shape index (κ2) is 7.37. The summed E-state index contributed by atoms with van der Waals surface area (Å²) in [6.07, 6.45) is 0. The van der Waals surface area contributed by atoms with Crippen molar-refractivity contribution in [3.8, 4) is 0 Å². The fourth-order valence-corrected chi connectivity index (χ4v) is 1.18. The summed E-state index contributed by atoms with van der Waals surface area (Å²) in [4.78, 5) is 11.5. The monoisotopic (exact) mass is 373 g/mol. The summed E-state index contributed by atoms with van der Waals surface area (Å²) < 4.78 is 0. The summed E-state index contributed by atoms with van der Waals surface area (Å²) in [5.74, 6) is 0.395. The number of carbonyl (C=O) groups is 1. The van der Waals surface area contributed by atoms with Crippen LogP contribution < -0.4 is 5.73 Å². The summed E-state index contributed by atoms with van der Waals surface area (Å²) >= 11 is 0. The Balaban J connectivity index is 0.00000324. The minimum atomic E-state index is -0.611. The van der Waals surface area contributed by atoms with Crippen LogP contribution in [0.15, 0.2) is 40.5 Å². The van der Waals surface area contributed by atoms with Gasteiger partial charge in [-0.05, 0) is 27.7 Å². The zero-order chi connectivity index (χ0) is 13.8. The molecule has 0 atom stereocenters. The molecule has 0 aliphatic carbocycles. The van der Waals surface area contributed by atoms with Gasteiger partial charge in [0.05, 0.1) is 11.1 Å². The van der Waals surface area contributed by atoms with E-state index in [-0.39, 0.29) is 29.8 Å². The fraction of sp³-hybridized carbons (Fsp3) is 0.357. The Hall–Kier alpha value is -1.24. The lowest BCUT2D eigenvalue weighted by Gasteiger charge is -2.19. The Morgan fingerprint density at radius 3 is 2.11 bits per heavy atom. The molecular formula is C14H20IN3O. The van der Waals surface area contributed by atoms with Gasteiger partial charge in [-0.3, -0.25) is 4.79 Å². The Morgan fingerprint density at radius 1 is 1.11 bits per heavy atom. The van der Waals surface area contributed by atoms with Crippen LogP contribution in [-0.2, 0) is 4.79 Å². The Kier molecular flexibility index (Phi) is 6.89. The van der Waals surface area contributed by atoms with Gasteiger partial charge in [0, 0.05) is 5.56 Å². The maximum absolute atomic E-state index is 11.5. The van der Waals surface area contributed by atoms with E-state index in [1.165, 1.54) is 0 Å². The van der Waals surface area contributed by atoms with Crippen molar-refractivity contribution in [2.75, 3.05) is 0 Å². The second-order valence-electron chi connectivity index (χ2n) is 4.72. The van der Waals surface area contributed by atoms with E-state index < -0.39 is 5.41 Å². The zero-order valence-electron chi connectivity index (χ0n) is 11.7. The topological polar surface area (TPSA) is 67.8 Å². The van der Waals surface area contributed by atoms with Crippen LogP contribution in [0.5, 0.6) is 0 Å². The van der Waals surface area contributed by atoms with Crippen molar-refractivity contribution in [2.24, 2.45) is 21.4 Å². The molecule has 1 aromatic carbocycles. The predicted octanol–water partition coefficient (Wildman–Crippen LogP) is 3.00. The number of rotatable bonds is 4. The van der Waals surface area contributed by atoms with Crippen LogP contribution in [0.2, 0.25) is 0 Å². The minimum Gasteiger partial charge on any atom is -0.382 e. The molecule has 0 amide bonds. The zero-order valence-corrected chi connectivity index (χ0v) is 14.0. The average Bonchev–Trinajstić information content (AvgIpc) is 2.36. The molecule has 0 saturated carbocycles. The van der Waals surface area contributed by atoms with Crippen LogP contribution in [0.1, 0.15) is 33.3 Å². The predicted molar refractivity (Wildman–Crippen MR) is 90.2 cm³/mol. The number of hydrogen-bond acceptors (Lipinski definition) is 3. The average molecular weight is 373 g/mol. The molecule has 19 heavy (non-hydrogen) atoms. The minimum absolute atomic E-state index is 0. The number of carbonyl (C=O) groups excluding carboxylic acids is 1. The van der Waals surface area contributed by atoms with E-state index in [0.29, 0.717) is 11.5 Å². The molecule has 1 aromatic rings. The third-order valence-corrected chi connectivity index (χ3v) is 3.16. The van der Waals surface area contributed by atoms with Gasteiger partial charge in [0.1, 0.15) is 5.78 Å². The molecule has 0 aliphatic heterocycles. The third-order valence-electron chi connectivity index (χ3n) is 3.16. The van der Waals surface area contributed by atoms with E-state index in [9.17, 15) is 4.79 Å². The van der Waals surface area contributed by atoms with Crippen molar-refractivity contribution in [1.29, 1.82) is 0 Å². The summed E-state index contributed by atoms with van der Waals surface area (Å²) in [5, 5.41) is 8.03. The molecule has 0 radical (unpaired) electrons. The molecule has 0 unspecified atom stereocenters. The molecule has 0 heterocycles. The van der Waals surface area contributed by atoms with E-state index in [0.717, 1.165) is 5.56 Å². The molecule has 0 fully saturated rings. The first-order chi connectivity index (χ1) is 8.35. The SMILES string of the molecule is CC(=O)C(C)(C)C(C)=NN=C(N)c1ccccc1.I. The van der Waals surface area contributed by atoms with Gasteiger partial charge in [0.25, 0.3) is 0 Å². The number of nitrogens with zero attached hydrogens (tertiary/aromatic N) is 2. The molecule has 1 rings (SSSR count). The van der Waals surface area contributed by atoms with Crippen molar-refractivity contribution in [2.45, 2.75) is 27.7 Å². The van der Waals surface area contributed by atoms with Crippen LogP contribution in [0.3, 0.4) is 0 Å². The number of hydrogen-bond donors (Lipinski definition) is 1. The maximum Gasteiger partial charge on any atom is 0.153 e. The van der Waals surface area contributed by atoms with Crippen LogP contribution in [0.25, 0.3) is 0 Å². The van der Waals surface area contributed by atoms with E-state index >= 15 is 0 Å². The number of ketones is 1.